The standard InChI is InChI=1S/C16H17ClN4/c1-2-6-21-11-18-9-14(21)10-20-15-8-13(17)7-12-4-3-5-19-16(12)15/h3-5,7-9,11,20H,2,6,10H2,1H3. The highest BCUT2D eigenvalue weighted by atomic mass is 35.5. The van der Waals surface area contributed by atoms with Crippen molar-refractivity contribution in [2.24, 2.45) is 0 Å². The minimum absolute atomic E-state index is 0.700. The van der Waals surface area contributed by atoms with Crippen molar-refractivity contribution in [2.45, 2.75) is 26.4 Å². The van der Waals surface area contributed by atoms with Crippen LogP contribution < -0.4 is 5.32 Å². The number of aryl methyl sites for hydroxylation is 1. The third-order valence-electron chi connectivity index (χ3n) is 3.39. The highest BCUT2D eigenvalue weighted by molar-refractivity contribution is 6.31. The van der Waals surface area contributed by atoms with E-state index in [0.29, 0.717) is 11.6 Å². The highest BCUT2D eigenvalue weighted by Crippen LogP contribution is 2.26. The third kappa shape index (κ3) is 3.00. The van der Waals surface area contributed by atoms with E-state index in [4.69, 9.17) is 11.6 Å². The first-order valence-electron chi connectivity index (χ1n) is 7.05. The number of hydrogen-bond acceptors (Lipinski definition) is 3. The number of rotatable bonds is 5. The summed E-state index contributed by atoms with van der Waals surface area (Å²) in [6.45, 7) is 3.84. The number of nitrogens with one attached hydrogen (secondary N) is 1. The van der Waals surface area contributed by atoms with Crippen molar-refractivity contribution in [3.05, 3.63) is 53.7 Å². The van der Waals surface area contributed by atoms with Crippen LogP contribution in [0.4, 0.5) is 5.69 Å². The molecule has 21 heavy (non-hydrogen) atoms. The Bertz CT molecular complexity index is 751. The molecule has 0 spiro atoms. The van der Waals surface area contributed by atoms with Crippen molar-refractivity contribution in [1.82, 2.24) is 14.5 Å². The third-order valence-corrected chi connectivity index (χ3v) is 3.61. The van der Waals surface area contributed by atoms with Gasteiger partial charge in [-0.2, -0.15) is 0 Å². The van der Waals surface area contributed by atoms with Gasteiger partial charge in [0.1, 0.15) is 0 Å². The van der Waals surface area contributed by atoms with Gasteiger partial charge >= 0.3 is 0 Å². The smallest absolute Gasteiger partial charge is 0.0948 e. The van der Waals surface area contributed by atoms with E-state index in [2.05, 4.69) is 26.8 Å². The molecule has 0 amide bonds. The van der Waals surface area contributed by atoms with E-state index in [1.807, 2.05) is 36.8 Å². The summed E-state index contributed by atoms with van der Waals surface area (Å²) in [5.74, 6) is 0. The van der Waals surface area contributed by atoms with E-state index < -0.39 is 0 Å². The molecule has 0 bridgehead atoms. The normalized spacial score (nSPS) is 11.0. The van der Waals surface area contributed by atoms with E-state index in [1.165, 1.54) is 0 Å². The average molecular weight is 301 g/mol. The predicted molar refractivity (Wildman–Crippen MR) is 86.6 cm³/mol. The number of hydrogen-bond donors (Lipinski definition) is 1. The van der Waals surface area contributed by atoms with Gasteiger partial charge in [-0.05, 0) is 24.6 Å². The molecule has 0 saturated carbocycles. The molecule has 3 rings (SSSR count). The lowest BCUT2D eigenvalue weighted by atomic mass is 10.2. The fraction of sp³-hybridized carbons (Fsp3) is 0.250. The highest BCUT2D eigenvalue weighted by Gasteiger charge is 2.06. The van der Waals surface area contributed by atoms with E-state index in [1.54, 1.807) is 6.20 Å². The number of nitrogens with zero attached hydrogens (tertiary/aromatic N) is 3. The molecule has 0 atom stereocenters. The van der Waals surface area contributed by atoms with Crippen LogP contribution >= 0.6 is 11.6 Å². The Morgan fingerprint density at radius 3 is 3.10 bits per heavy atom. The molecule has 0 aliphatic heterocycles. The van der Waals surface area contributed by atoms with Crippen LogP contribution in [0.2, 0.25) is 5.02 Å². The number of imidazole rings is 1. The Labute approximate surface area is 128 Å². The van der Waals surface area contributed by atoms with Crippen molar-refractivity contribution in [1.29, 1.82) is 0 Å². The van der Waals surface area contributed by atoms with Crippen LogP contribution in [-0.2, 0) is 13.1 Å². The first-order chi connectivity index (χ1) is 10.3. The fourth-order valence-electron chi connectivity index (χ4n) is 2.41. The number of anilines is 1. The van der Waals surface area contributed by atoms with E-state index in [-0.39, 0.29) is 0 Å². The second-order valence-electron chi connectivity index (χ2n) is 4.96. The molecule has 0 unspecified atom stereocenters. The summed E-state index contributed by atoms with van der Waals surface area (Å²) in [6, 6.07) is 7.77. The number of benzene rings is 1. The summed E-state index contributed by atoms with van der Waals surface area (Å²) >= 11 is 6.18. The number of pyridine rings is 1. The summed E-state index contributed by atoms with van der Waals surface area (Å²) in [7, 11) is 0. The van der Waals surface area contributed by atoms with Crippen molar-refractivity contribution in [2.75, 3.05) is 5.32 Å². The minimum atomic E-state index is 0.700. The van der Waals surface area contributed by atoms with Crippen LogP contribution in [0.1, 0.15) is 19.0 Å². The van der Waals surface area contributed by atoms with E-state index in [9.17, 15) is 0 Å². The SMILES string of the molecule is CCCn1cncc1CNc1cc(Cl)cc2cccnc12. The lowest BCUT2D eigenvalue weighted by Crippen LogP contribution is -2.07. The van der Waals surface area contributed by atoms with Crippen molar-refractivity contribution < 1.29 is 0 Å². The van der Waals surface area contributed by atoms with Gasteiger partial charge < -0.3 is 9.88 Å². The molecule has 2 heterocycles. The van der Waals surface area contributed by atoms with Crippen LogP contribution in [-0.4, -0.2) is 14.5 Å². The zero-order valence-corrected chi connectivity index (χ0v) is 12.6. The summed E-state index contributed by atoms with van der Waals surface area (Å²) in [5, 5.41) is 5.17. The predicted octanol–water partition coefficient (Wildman–Crippen LogP) is 4.11. The van der Waals surface area contributed by atoms with Gasteiger partial charge in [-0.25, -0.2) is 4.98 Å². The van der Waals surface area contributed by atoms with Crippen molar-refractivity contribution in [3.63, 3.8) is 0 Å². The monoisotopic (exact) mass is 300 g/mol. The Morgan fingerprint density at radius 2 is 2.24 bits per heavy atom. The fourth-order valence-corrected chi connectivity index (χ4v) is 2.64. The maximum absolute atomic E-state index is 6.18. The molecule has 0 aliphatic rings. The Kier molecular flexibility index (Phi) is 4.06. The second kappa shape index (κ2) is 6.14. The Balaban J connectivity index is 1.86. The number of fused-ring (bicyclic) bond motifs is 1. The van der Waals surface area contributed by atoms with Gasteiger partial charge in [0.05, 0.1) is 29.8 Å². The van der Waals surface area contributed by atoms with Gasteiger partial charge in [0, 0.05) is 29.3 Å². The Morgan fingerprint density at radius 1 is 1.33 bits per heavy atom. The van der Waals surface area contributed by atoms with Gasteiger partial charge in [-0.1, -0.05) is 24.6 Å². The van der Waals surface area contributed by atoms with Gasteiger partial charge in [0.15, 0.2) is 0 Å². The maximum atomic E-state index is 6.18. The summed E-state index contributed by atoms with van der Waals surface area (Å²) < 4.78 is 2.16. The van der Waals surface area contributed by atoms with Gasteiger partial charge in [-0.3, -0.25) is 4.98 Å². The van der Waals surface area contributed by atoms with Crippen molar-refractivity contribution >= 4 is 28.2 Å². The largest absolute Gasteiger partial charge is 0.378 e. The zero-order valence-electron chi connectivity index (χ0n) is 11.9. The lowest BCUT2D eigenvalue weighted by Gasteiger charge is -2.11. The molecule has 0 fully saturated rings. The van der Waals surface area contributed by atoms with E-state index >= 15 is 0 Å². The molecular formula is C16H17ClN4. The molecule has 2 aromatic heterocycles. The molecule has 1 aromatic carbocycles. The minimum Gasteiger partial charge on any atom is -0.378 e. The molecule has 108 valence electrons. The quantitative estimate of drug-likeness (QED) is 0.771. The summed E-state index contributed by atoms with van der Waals surface area (Å²) in [6.07, 6.45) is 6.64. The lowest BCUT2D eigenvalue weighted by molar-refractivity contribution is 0.651. The van der Waals surface area contributed by atoms with Crippen LogP contribution in [0, 0.1) is 0 Å². The van der Waals surface area contributed by atoms with Crippen LogP contribution in [0.5, 0.6) is 0 Å². The average Bonchev–Trinajstić information content (AvgIpc) is 2.92. The maximum Gasteiger partial charge on any atom is 0.0948 e. The topological polar surface area (TPSA) is 42.7 Å². The molecule has 5 heteroatoms. The van der Waals surface area contributed by atoms with Crippen molar-refractivity contribution in [3.8, 4) is 0 Å². The van der Waals surface area contributed by atoms with E-state index in [0.717, 1.165) is 35.2 Å². The number of aromatic nitrogens is 3. The van der Waals surface area contributed by atoms with Gasteiger partial charge in [0.2, 0.25) is 0 Å². The molecular weight excluding hydrogens is 284 g/mol. The molecule has 1 N–H and O–H groups in total. The van der Waals surface area contributed by atoms with Crippen LogP contribution in [0.25, 0.3) is 10.9 Å². The van der Waals surface area contributed by atoms with Crippen LogP contribution in [0.3, 0.4) is 0 Å². The first kappa shape index (κ1) is 13.9. The second-order valence-corrected chi connectivity index (χ2v) is 5.40. The Hall–Kier alpha value is -2.07. The molecule has 0 radical (unpaired) electrons. The molecule has 4 nitrogen and oxygen atoms in total. The summed E-state index contributed by atoms with van der Waals surface area (Å²) in [4.78, 5) is 8.65. The molecule has 0 saturated heterocycles. The van der Waals surface area contributed by atoms with Gasteiger partial charge in [-0.15, -0.1) is 0 Å². The molecule has 0 aliphatic carbocycles. The van der Waals surface area contributed by atoms with Gasteiger partial charge in [0.25, 0.3) is 0 Å². The summed E-state index contributed by atoms with van der Waals surface area (Å²) in [5.41, 5.74) is 3.03. The molecule has 3 aromatic rings. The van der Waals surface area contributed by atoms with Crippen LogP contribution in [0.15, 0.2) is 43.0 Å². The first-order valence-corrected chi connectivity index (χ1v) is 7.43. The zero-order chi connectivity index (χ0) is 14.7. The number of halogens is 1.